The summed E-state index contributed by atoms with van der Waals surface area (Å²) in [7, 11) is 0. The molecule has 0 radical (unpaired) electrons. The monoisotopic (exact) mass is 378 g/mol. The Hall–Kier alpha value is -2.02. The van der Waals surface area contributed by atoms with Gasteiger partial charge in [-0.15, -0.1) is 11.8 Å². The number of hydrogen-bond acceptors (Lipinski definition) is 5. The van der Waals surface area contributed by atoms with E-state index in [1.807, 2.05) is 32.0 Å². The van der Waals surface area contributed by atoms with Crippen molar-refractivity contribution in [1.29, 1.82) is 0 Å². The fourth-order valence-corrected chi connectivity index (χ4v) is 3.56. The summed E-state index contributed by atoms with van der Waals surface area (Å²) in [5.74, 6) is -0.997. The molecule has 142 valence electrons. The smallest absolute Gasteiger partial charge is 0.321 e. The highest BCUT2D eigenvalue weighted by atomic mass is 32.2. The van der Waals surface area contributed by atoms with Gasteiger partial charge in [0.1, 0.15) is 0 Å². The van der Waals surface area contributed by atoms with E-state index < -0.39 is 24.5 Å². The number of benzene rings is 1. The lowest BCUT2D eigenvalue weighted by atomic mass is 9.96. The highest BCUT2D eigenvalue weighted by Crippen LogP contribution is 2.21. The van der Waals surface area contributed by atoms with Gasteiger partial charge in [0.15, 0.2) is 6.61 Å². The second-order valence-electron chi connectivity index (χ2n) is 6.55. The van der Waals surface area contributed by atoms with Gasteiger partial charge in [-0.05, 0) is 49.9 Å². The van der Waals surface area contributed by atoms with Crippen LogP contribution in [0.4, 0.5) is 4.79 Å². The van der Waals surface area contributed by atoms with Crippen LogP contribution in [0.25, 0.3) is 0 Å². The Morgan fingerprint density at radius 3 is 2.54 bits per heavy atom. The van der Waals surface area contributed by atoms with Crippen LogP contribution < -0.4 is 10.6 Å². The number of amides is 3. The molecule has 3 amide bonds. The summed E-state index contributed by atoms with van der Waals surface area (Å²) in [4.78, 5) is 36.2. The van der Waals surface area contributed by atoms with Crippen molar-refractivity contribution < 1.29 is 19.1 Å². The molecule has 1 aliphatic rings. The maximum absolute atomic E-state index is 11.8. The van der Waals surface area contributed by atoms with E-state index in [-0.39, 0.29) is 11.8 Å². The van der Waals surface area contributed by atoms with Gasteiger partial charge in [0.05, 0.1) is 5.75 Å². The fraction of sp³-hybridized carbons (Fsp3) is 0.526. The average molecular weight is 378 g/mol. The van der Waals surface area contributed by atoms with Gasteiger partial charge in [0.2, 0.25) is 0 Å². The second kappa shape index (κ2) is 10.2. The Balaban J connectivity index is 1.63. The molecule has 0 aromatic heterocycles. The molecule has 6 nitrogen and oxygen atoms in total. The zero-order valence-electron chi connectivity index (χ0n) is 15.3. The van der Waals surface area contributed by atoms with Crippen LogP contribution in [0.2, 0.25) is 0 Å². The van der Waals surface area contributed by atoms with Crippen molar-refractivity contribution in [2.45, 2.75) is 56.9 Å². The van der Waals surface area contributed by atoms with E-state index >= 15 is 0 Å². The fourth-order valence-electron chi connectivity index (χ4n) is 2.76. The van der Waals surface area contributed by atoms with E-state index in [0.717, 1.165) is 36.1 Å². The Kier molecular flexibility index (Phi) is 7.97. The third-order valence-electron chi connectivity index (χ3n) is 4.39. The number of hydrogen-bond donors (Lipinski definition) is 2. The van der Waals surface area contributed by atoms with Crippen LogP contribution in [0.15, 0.2) is 23.1 Å². The zero-order chi connectivity index (χ0) is 18.9. The Morgan fingerprint density at radius 1 is 1.12 bits per heavy atom. The van der Waals surface area contributed by atoms with Crippen LogP contribution in [0, 0.1) is 13.8 Å². The lowest BCUT2D eigenvalue weighted by Crippen LogP contribution is -2.46. The molecule has 2 rings (SSSR count). The van der Waals surface area contributed by atoms with Crippen molar-refractivity contribution in [2.75, 3.05) is 12.4 Å². The molecule has 0 heterocycles. The standard InChI is InChI=1S/C19H26N2O4S/c1-13-8-9-16(10-14(13)2)26-12-18(23)25-11-17(22)21-19(24)20-15-6-4-3-5-7-15/h8-10,15H,3-7,11-12H2,1-2H3,(H2,20,21,22,24). The van der Waals surface area contributed by atoms with Crippen LogP contribution in [-0.2, 0) is 14.3 Å². The van der Waals surface area contributed by atoms with E-state index in [1.165, 1.54) is 23.7 Å². The molecule has 0 atom stereocenters. The third-order valence-corrected chi connectivity index (χ3v) is 5.36. The number of aryl methyl sites for hydroxylation is 2. The molecule has 1 aliphatic carbocycles. The number of carbonyl (C=O) groups excluding carboxylic acids is 3. The first kappa shape index (κ1) is 20.3. The predicted octanol–water partition coefficient (Wildman–Crippen LogP) is 3.10. The van der Waals surface area contributed by atoms with E-state index in [9.17, 15) is 14.4 Å². The van der Waals surface area contributed by atoms with Crippen molar-refractivity contribution in [2.24, 2.45) is 0 Å². The van der Waals surface area contributed by atoms with E-state index in [1.54, 1.807) is 0 Å². The number of nitrogens with one attached hydrogen (secondary N) is 2. The van der Waals surface area contributed by atoms with Gasteiger partial charge in [-0.2, -0.15) is 0 Å². The summed E-state index contributed by atoms with van der Waals surface area (Å²) >= 11 is 1.35. The van der Waals surface area contributed by atoms with Gasteiger partial charge in [0, 0.05) is 10.9 Å². The van der Waals surface area contributed by atoms with Gasteiger partial charge in [-0.3, -0.25) is 14.9 Å². The maximum Gasteiger partial charge on any atom is 0.321 e. The third kappa shape index (κ3) is 7.07. The first-order chi connectivity index (χ1) is 12.4. The molecule has 0 unspecified atom stereocenters. The van der Waals surface area contributed by atoms with Gasteiger partial charge in [-0.25, -0.2) is 4.79 Å². The van der Waals surface area contributed by atoms with E-state index in [0.29, 0.717) is 0 Å². The molecule has 0 spiro atoms. The molecule has 1 saturated carbocycles. The topological polar surface area (TPSA) is 84.5 Å². The average Bonchev–Trinajstić information content (AvgIpc) is 2.61. The summed E-state index contributed by atoms with van der Waals surface area (Å²) < 4.78 is 4.92. The lowest BCUT2D eigenvalue weighted by Gasteiger charge is -2.22. The molecule has 7 heteroatoms. The number of urea groups is 1. The summed E-state index contributed by atoms with van der Waals surface area (Å²) in [5, 5.41) is 4.98. The van der Waals surface area contributed by atoms with Crippen LogP contribution in [0.1, 0.15) is 43.2 Å². The molecule has 26 heavy (non-hydrogen) atoms. The molecule has 0 aliphatic heterocycles. The number of imide groups is 1. The van der Waals surface area contributed by atoms with Crippen LogP contribution in [0.3, 0.4) is 0 Å². The normalized spacial score (nSPS) is 14.5. The zero-order valence-corrected chi connectivity index (χ0v) is 16.1. The second-order valence-corrected chi connectivity index (χ2v) is 7.60. The van der Waals surface area contributed by atoms with E-state index in [2.05, 4.69) is 10.6 Å². The molecule has 1 aromatic carbocycles. The number of ether oxygens (including phenoxy) is 1. The Labute approximate surface area is 158 Å². The van der Waals surface area contributed by atoms with Crippen LogP contribution in [0.5, 0.6) is 0 Å². The Morgan fingerprint density at radius 2 is 1.85 bits per heavy atom. The quantitative estimate of drug-likeness (QED) is 0.587. The summed E-state index contributed by atoms with van der Waals surface area (Å²) in [6, 6.07) is 5.55. The largest absolute Gasteiger partial charge is 0.455 e. The van der Waals surface area contributed by atoms with Crippen molar-refractivity contribution >= 4 is 29.7 Å². The molecule has 0 saturated heterocycles. The first-order valence-electron chi connectivity index (χ1n) is 8.90. The molecular weight excluding hydrogens is 352 g/mol. The highest BCUT2D eigenvalue weighted by Gasteiger charge is 2.17. The highest BCUT2D eigenvalue weighted by molar-refractivity contribution is 8.00. The minimum absolute atomic E-state index is 0.115. The SMILES string of the molecule is Cc1ccc(SCC(=O)OCC(=O)NC(=O)NC2CCCCC2)cc1C. The molecule has 2 N–H and O–H groups in total. The lowest BCUT2D eigenvalue weighted by molar-refractivity contribution is -0.145. The molecule has 1 fully saturated rings. The van der Waals surface area contributed by atoms with Crippen molar-refractivity contribution in [3.05, 3.63) is 29.3 Å². The number of rotatable bonds is 6. The number of thioether (sulfide) groups is 1. The van der Waals surface area contributed by atoms with Crippen molar-refractivity contribution in [1.82, 2.24) is 10.6 Å². The first-order valence-corrected chi connectivity index (χ1v) is 9.88. The van der Waals surface area contributed by atoms with Gasteiger partial charge in [-0.1, -0.05) is 25.3 Å². The van der Waals surface area contributed by atoms with Crippen LogP contribution >= 0.6 is 11.8 Å². The molecule has 1 aromatic rings. The minimum Gasteiger partial charge on any atom is -0.455 e. The van der Waals surface area contributed by atoms with Gasteiger partial charge >= 0.3 is 12.0 Å². The van der Waals surface area contributed by atoms with Crippen molar-refractivity contribution in [3.63, 3.8) is 0 Å². The molecule has 0 bridgehead atoms. The summed E-state index contributed by atoms with van der Waals surface area (Å²) in [5.41, 5.74) is 2.35. The number of esters is 1. The summed E-state index contributed by atoms with van der Waals surface area (Å²) in [6.45, 7) is 3.59. The minimum atomic E-state index is -0.622. The molecular formula is C19H26N2O4S. The predicted molar refractivity (Wildman–Crippen MR) is 101 cm³/mol. The van der Waals surface area contributed by atoms with Gasteiger partial charge < -0.3 is 10.1 Å². The summed E-state index contributed by atoms with van der Waals surface area (Å²) in [6.07, 6.45) is 5.25. The Bertz CT molecular complexity index is 657. The van der Waals surface area contributed by atoms with Gasteiger partial charge in [0.25, 0.3) is 5.91 Å². The number of carbonyl (C=O) groups is 3. The van der Waals surface area contributed by atoms with Crippen LogP contribution in [-0.4, -0.2) is 36.3 Å². The van der Waals surface area contributed by atoms with E-state index in [4.69, 9.17) is 4.74 Å². The van der Waals surface area contributed by atoms with Crippen molar-refractivity contribution in [3.8, 4) is 0 Å². The maximum atomic E-state index is 11.8.